The molecule has 0 radical (unpaired) electrons. The number of halogens is 1. The first-order valence-corrected chi connectivity index (χ1v) is 30.4. The highest BCUT2D eigenvalue weighted by Crippen LogP contribution is 2.46. The quantitative estimate of drug-likeness (QED) is 0.0216. The van der Waals surface area contributed by atoms with Crippen molar-refractivity contribution in [2.24, 2.45) is 0 Å². The predicted molar refractivity (Wildman–Crippen MR) is 359 cm³/mol. The van der Waals surface area contributed by atoms with E-state index in [2.05, 4.69) is 40.6 Å². The molecular formula is C69H59ClN12O14. The highest BCUT2D eigenvalue weighted by molar-refractivity contribution is 6.30. The number of aromatic amines is 2. The van der Waals surface area contributed by atoms with E-state index >= 15 is 0 Å². The summed E-state index contributed by atoms with van der Waals surface area (Å²) in [4.78, 5) is 72.6. The molecule has 0 bridgehead atoms. The molecule has 27 heteroatoms. The molecule has 0 atom stereocenters. The number of hydrogen-bond acceptors (Lipinski definition) is 20. The molecule has 0 amide bonds. The lowest BCUT2D eigenvalue weighted by atomic mass is 9.86. The number of anilines is 2. The van der Waals surface area contributed by atoms with Crippen LogP contribution in [0.1, 0.15) is 63.7 Å². The molecule has 0 spiro atoms. The zero-order valence-electron chi connectivity index (χ0n) is 52.0. The number of carbonyl (C=O) groups excluding carboxylic acids is 4. The molecule has 12 aromatic rings. The lowest BCUT2D eigenvalue weighted by molar-refractivity contribution is -0.385. The van der Waals surface area contributed by atoms with Crippen molar-refractivity contribution in [1.82, 2.24) is 40.0 Å². The minimum atomic E-state index is -0.531. The maximum Gasteiger partial charge on any atom is 0.281 e. The molecule has 96 heavy (non-hydrogen) atoms. The SMILES string of the molecule is CNc1ccc2[nH]nc3c2c1C(=O)c1ccccc1-3.COCCOCCl.COCCOCn1nc2c3c(c(N)ccc31)C(=O)c1ccccc1-2.COCCOCn1nc2c3c(c([N+](=O)[O-])ccc31)C(=O)c1ccccc1-2.O=C1c2ccccc2-c2n[nH]c3ccc([N+](=O)[O-])c1c23. The van der Waals surface area contributed by atoms with Gasteiger partial charge in [0.05, 0.1) is 82.7 Å². The fraction of sp³-hybridized carbons (Fsp3) is 0.188. The minimum Gasteiger partial charge on any atom is -0.398 e. The number of alkyl halides is 1. The third kappa shape index (κ3) is 11.8. The number of nitro benzene ring substituents is 2. The Balaban J connectivity index is 0.000000119. The molecule has 4 aliphatic carbocycles. The average molecular weight is 1320 g/mol. The fourth-order valence-corrected chi connectivity index (χ4v) is 12.2. The van der Waals surface area contributed by atoms with Gasteiger partial charge in [-0.25, -0.2) is 9.36 Å². The van der Waals surface area contributed by atoms with Crippen LogP contribution in [-0.4, -0.2) is 147 Å². The number of carbonyl (C=O) groups is 4. The standard InChI is InChI=1S/C18H15N3O5.C18H17N3O3.C15H11N3O.C14H7N3O3.C4H9ClO2/c1-25-8-9-26-10-20-13-6-7-14(21(23)24)16-15(13)17(19-20)11-4-2-3-5-12(11)18(16)22;1-23-8-9-24-10-21-14-7-6-13(19)15-16(14)17(20-21)11-4-2-3-5-12(11)18(15)22;1-16-10-6-7-11-12-13(10)15(19)9-5-3-2-4-8(9)14(12)18-17-11;18-14-8-4-2-1-3-7(8)13-11-9(15-16-13)5-6-10(12(11)14)17(19)20;1-6-2-3-7-4-5/h2-7H,8-10H2,1H3;2-7H,8-10,19H2,1H3;2-7,16H,1H3,(H,17,18);1-6H,(H,15,16);2-4H2,1H3. The lowest BCUT2D eigenvalue weighted by Gasteiger charge is -2.17. The van der Waals surface area contributed by atoms with Crippen molar-refractivity contribution in [1.29, 1.82) is 0 Å². The van der Waals surface area contributed by atoms with Crippen molar-refractivity contribution >= 4 is 101 Å². The average Bonchev–Trinajstić information content (AvgIpc) is 1.52. The molecule has 16 rings (SSSR count). The smallest absolute Gasteiger partial charge is 0.281 e. The molecular weight excluding hydrogens is 1260 g/mol. The normalized spacial score (nSPS) is 12.3. The number of benzene rings is 8. The zero-order valence-corrected chi connectivity index (χ0v) is 52.7. The molecule has 0 aliphatic heterocycles. The van der Waals surface area contributed by atoms with Crippen LogP contribution < -0.4 is 11.1 Å². The van der Waals surface area contributed by atoms with Gasteiger partial charge in [0.2, 0.25) is 11.6 Å². The Morgan fingerprint density at radius 1 is 0.458 bits per heavy atom. The molecule has 4 aromatic heterocycles. The van der Waals surface area contributed by atoms with Crippen molar-refractivity contribution in [3.05, 3.63) is 210 Å². The number of fused-ring (bicyclic) bond motifs is 8. The fourth-order valence-electron chi connectivity index (χ4n) is 12.1. The van der Waals surface area contributed by atoms with E-state index in [1.165, 1.54) is 12.1 Å². The summed E-state index contributed by atoms with van der Waals surface area (Å²) >= 11 is 5.16. The summed E-state index contributed by atoms with van der Waals surface area (Å²) in [6, 6.07) is 42.7. The topological polar surface area (TPSA) is 341 Å². The molecule has 0 saturated heterocycles. The number of hydrogen-bond donors (Lipinski definition) is 4. The maximum absolute atomic E-state index is 12.9. The van der Waals surface area contributed by atoms with Crippen LogP contribution in [0.15, 0.2) is 146 Å². The number of ketones is 4. The van der Waals surface area contributed by atoms with Crippen LogP contribution >= 0.6 is 11.6 Å². The number of nitrogens with one attached hydrogen (secondary N) is 3. The van der Waals surface area contributed by atoms with Gasteiger partial charge in [0.15, 0.2) is 11.6 Å². The summed E-state index contributed by atoms with van der Waals surface area (Å²) in [6.45, 7) is 3.49. The number of H-pyrrole nitrogens is 2. The third-order valence-electron chi connectivity index (χ3n) is 16.4. The maximum atomic E-state index is 12.9. The van der Waals surface area contributed by atoms with Crippen molar-refractivity contribution < 1.29 is 57.4 Å². The molecule has 0 fully saturated rings. The second-order valence-corrected chi connectivity index (χ2v) is 22.0. The Bertz CT molecular complexity index is 5070. The number of nitrogen functional groups attached to an aromatic ring is 1. The van der Waals surface area contributed by atoms with Gasteiger partial charge in [-0.2, -0.15) is 20.4 Å². The first-order chi connectivity index (χ1) is 46.8. The van der Waals surface area contributed by atoms with E-state index in [4.69, 9.17) is 41.0 Å². The van der Waals surface area contributed by atoms with E-state index < -0.39 is 9.85 Å². The molecule has 4 heterocycles. The van der Waals surface area contributed by atoms with Crippen molar-refractivity contribution in [2.75, 3.05) is 85.1 Å². The van der Waals surface area contributed by atoms with Crippen LogP contribution in [-0.2, 0) is 41.9 Å². The summed E-state index contributed by atoms with van der Waals surface area (Å²) in [5.41, 5.74) is 19.6. The first kappa shape index (κ1) is 64.9. The highest BCUT2D eigenvalue weighted by atomic mass is 35.5. The highest BCUT2D eigenvalue weighted by Gasteiger charge is 2.37. The van der Waals surface area contributed by atoms with Gasteiger partial charge >= 0.3 is 0 Å². The van der Waals surface area contributed by atoms with Gasteiger partial charge in [0, 0.05) is 118 Å². The number of nitro groups is 2. The van der Waals surface area contributed by atoms with E-state index in [-0.39, 0.29) is 58.4 Å². The van der Waals surface area contributed by atoms with Crippen LogP contribution in [0.5, 0.6) is 0 Å². The largest absolute Gasteiger partial charge is 0.398 e. The van der Waals surface area contributed by atoms with E-state index in [1.54, 1.807) is 85.3 Å². The first-order valence-electron chi connectivity index (χ1n) is 29.9. The number of ether oxygens (including phenoxy) is 6. The van der Waals surface area contributed by atoms with Crippen molar-refractivity contribution in [2.45, 2.75) is 13.5 Å². The van der Waals surface area contributed by atoms with Gasteiger partial charge in [-0.15, -0.1) is 0 Å². The monoisotopic (exact) mass is 1310 g/mol. The van der Waals surface area contributed by atoms with Crippen LogP contribution in [0.3, 0.4) is 0 Å². The van der Waals surface area contributed by atoms with Crippen LogP contribution in [0.25, 0.3) is 88.6 Å². The zero-order chi connectivity index (χ0) is 67.3. The Morgan fingerprint density at radius 2 is 0.823 bits per heavy atom. The van der Waals surface area contributed by atoms with Crippen LogP contribution in [0, 0.1) is 20.2 Å². The van der Waals surface area contributed by atoms with Crippen LogP contribution in [0.2, 0.25) is 0 Å². The molecule has 26 nitrogen and oxygen atoms in total. The van der Waals surface area contributed by atoms with E-state index in [0.717, 1.165) is 50.0 Å². The molecule has 0 unspecified atom stereocenters. The molecule has 4 aliphatic rings. The number of methoxy groups -OCH3 is 3. The van der Waals surface area contributed by atoms with Gasteiger partial charge in [-0.3, -0.25) is 49.6 Å². The number of aromatic nitrogens is 8. The number of nitrogens with two attached hydrogens (primary N) is 1. The number of rotatable bonds is 17. The Kier molecular flexibility index (Phi) is 19.0. The summed E-state index contributed by atoms with van der Waals surface area (Å²) in [7, 11) is 6.66. The predicted octanol–water partition coefficient (Wildman–Crippen LogP) is 11.6. The Hall–Kier alpha value is -11.2. The van der Waals surface area contributed by atoms with Gasteiger partial charge in [0.25, 0.3) is 11.4 Å². The van der Waals surface area contributed by atoms with Crippen molar-refractivity contribution in [3.63, 3.8) is 0 Å². The molecule has 8 aromatic carbocycles. The second kappa shape index (κ2) is 28.2. The molecule has 0 saturated carbocycles. The summed E-state index contributed by atoms with van der Waals surface area (Å²) in [5.74, 6) is -0.683. The minimum absolute atomic E-state index is 0.0546. The Morgan fingerprint density at radius 3 is 1.26 bits per heavy atom. The van der Waals surface area contributed by atoms with Gasteiger partial charge in [0.1, 0.15) is 53.4 Å². The lowest BCUT2D eigenvalue weighted by Crippen LogP contribution is -2.11. The second-order valence-electron chi connectivity index (χ2n) is 21.7. The van der Waals surface area contributed by atoms with Crippen molar-refractivity contribution in [3.8, 4) is 45.0 Å². The van der Waals surface area contributed by atoms with E-state index in [1.807, 2.05) is 85.9 Å². The molecule has 486 valence electrons. The summed E-state index contributed by atoms with van der Waals surface area (Å²) in [5, 5.41) is 52.1. The summed E-state index contributed by atoms with van der Waals surface area (Å²) < 4.78 is 33.8. The van der Waals surface area contributed by atoms with Gasteiger partial charge in [-0.05, 0) is 36.4 Å². The van der Waals surface area contributed by atoms with E-state index in [9.17, 15) is 39.4 Å². The van der Waals surface area contributed by atoms with Gasteiger partial charge < -0.3 is 39.5 Å². The summed E-state index contributed by atoms with van der Waals surface area (Å²) in [6.07, 6.45) is 0. The van der Waals surface area contributed by atoms with Gasteiger partial charge in [-0.1, -0.05) is 109 Å². The number of nitrogens with zero attached hydrogens (tertiary/aromatic N) is 8. The Labute approximate surface area is 550 Å². The van der Waals surface area contributed by atoms with Crippen LogP contribution in [0.4, 0.5) is 22.7 Å². The van der Waals surface area contributed by atoms with E-state index in [0.29, 0.717) is 130 Å². The molecule has 5 N–H and O–H groups in total. The third-order valence-corrected chi connectivity index (χ3v) is 16.5.